The summed E-state index contributed by atoms with van der Waals surface area (Å²) in [5.74, 6) is 0.640. The molecule has 4 N–H and O–H groups in total. The summed E-state index contributed by atoms with van der Waals surface area (Å²) in [4.78, 5) is 0. The number of aliphatic hydroxyl groups is 4. The van der Waals surface area contributed by atoms with Crippen LogP contribution in [0.2, 0.25) is 0 Å². The number of ether oxygens (including phenoxy) is 5. The van der Waals surface area contributed by atoms with E-state index in [9.17, 15) is 5.11 Å². The van der Waals surface area contributed by atoms with Crippen molar-refractivity contribution in [2.45, 2.75) is 77.6 Å². The second-order valence-corrected chi connectivity index (χ2v) is 8.76. The van der Waals surface area contributed by atoms with Crippen LogP contribution in [0.25, 0.3) is 0 Å². The number of hydrogen-bond acceptors (Lipinski definition) is 9. The van der Waals surface area contributed by atoms with Crippen LogP contribution in [0.3, 0.4) is 0 Å². The van der Waals surface area contributed by atoms with E-state index in [-0.39, 0.29) is 19.8 Å². The van der Waals surface area contributed by atoms with Gasteiger partial charge >= 0.3 is 0 Å². The highest BCUT2D eigenvalue weighted by Gasteiger charge is 2.06. The summed E-state index contributed by atoms with van der Waals surface area (Å²) in [6.07, 6.45) is 8.71. The van der Waals surface area contributed by atoms with Crippen LogP contribution in [0.5, 0.6) is 5.75 Å². The molecule has 0 heterocycles. The van der Waals surface area contributed by atoms with E-state index in [1.807, 2.05) is 12.1 Å². The molecule has 9 heteroatoms. The quantitative estimate of drug-likeness (QED) is 0.117. The molecule has 218 valence electrons. The molecule has 0 aliphatic heterocycles. The molecule has 0 radical (unpaired) electrons. The number of hydrogen-bond donors (Lipinski definition) is 4. The maximum absolute atomic E-state index is 9.96. The summed E-state index contributed by atoms with van der Waals surface area (Å²) in [5, 5.41) is 34.5. The molecule has 0 spiro atoms. The fourth-order valence-electron chi connectivity index (χ4n) is 3.12. The van der Waals surface area contributed by atoms with Crippen LogP contribution in [0.4, 0.5) is 0 Å². The van der Waals surface area contributed by atoms with Gasteiger partial charge < -0.3 is 44.1 Å². The Hall–Kier alpha value is -1.30. The lowest BCUT2D eigenvalue weighted by Crippen LogP contribution is -2.23. The summed E-state index contributed by atoms with van der Waals surface area (Å²) in [6.45, 7) is 6.75. The summed E-state index contributed by atoms with van der Waals surface area (Å²) in [7, 11) is 0. The summed E-state index contributed by atoms with van der Waals surface area (Å²) >= 11 is 0. The maximum Gasteiger partial charge on any atom is 0.221 e. The lowest BCUT2D eigenvalue weighted by atomic mass is 10.0. The van der Waals surface area contributed by atoms with E-state index in [1.165, 1.54) is 57.4 Å². The van der Waals surface area contributed by atoms with Gasteiger partial charge in [-0.2, -0.15) is 0 Å². The molecule has 0 aliphatic carbocycles. The molecule has 1 aromatic carbocycles. The highest BCUT2D eigenvalue weighted by molar-refractivity contribution is 5.27. The topological polar surface area (TPSA) is 127 Å². The first-order valence-corrected chi connectivity index (χ1v) is 13.7. The van der Waals surface area contributed by atoms with Gasteiger partial charge in [-0.1, -0.05) is 57.6 Å². The Balaban J connectivity index is 0.00000235. The van der Waals surface area contributed by atoms with E-state index in [0.717, 1.165) is 6.42 Å². The normalized spacial score (nSPS) is 12.6. The molecule has 0 saturated carbocycles. The van der Waals surface area contributed by atoms with Gasteiger partial charge in [-0.3, -0.25) is 0 Å². The van der Waals surface area contributed by atoms with Gasteiger partial charge in [0.15, 0.2) is 0 Å². The van der Waals surface area contributed by atoms with Gasteiger partial charge in [-0.15, -0.1) is 0 Å². The standard InChI is InChI=1S/C25H44O7.C3H8O2/c1-2-3-4-5-6-7-8-9-23-10-12-24(13-11-23)32-25(27)22-31-21-20-30-19-18-29-17-16-28-15-14-26;1-3(5)2-4/h10-13,25-27H,2-9,14-22H2,1H3;3-5H,2H2,1H3. The zero-order valence-electron chi connectivity index (χ0n) is 23.0. The van der Waals surface area contributed by atoms with Crippen molar-refractivity contribution in [3.8, 4) is 5.75 Å². The van der Waals surface area contributed by atoms with Gasteiger partial charge in [0.1, 0.15) is 12.4 Å². The maximum atomic E-state index is 9.96. The summed E-state index contributed by atoms with van der Waals surface area (Å²) in [5.41, 5.74) is 1.30. The molecule has 0 fully saturated rings. The first-order valence-electron chi connectivity index (χ1n) is 13.7. The van der Waals surface area contributed by atoms with Gasteiger partial charge in [-0.25, -0.2) is 0 Å². The van der Waals surface area contributed by atoms with Crippen LogP contribution in [-0.4, -0.2) is 98.9 Å². The molecule has 2 atom stereocenters. The van der Waals surface area contributed by atoms with E-state index in [2.05, 4.69) is 19.1 Å². The smallest absolute Gasteiger partial charge is 0.221 e. The predicted octanol–water partition coefficient (Wildman–Crippen LogP) is 3.10. The Morgan fingerprint density at radius 3 is 1.68 bits per heavy atom. The largest absolute Gasteiger partial charge is 0.463 e. The van der Waals surface area contributed by atoms with E-state index in [0.29, 0.717) is 52.0 Å². The molecular weight excluding hydrogens is 480 g/mol. The number of unbranched alkanes of at least 4 members (excludes halogenated alkanes) is 6. The summed E-state index contributed by atoms with van der Waals surface area (Å²) < 4.78 is 26.6. The minimum Gasteiger partial charge on any atom is -0.463 e. The van der Waals surface area contributed by atoms with Crippen LogP contribution in [-0.2, 0) is 25.4 Å². The van der Waals surface area contributed by atoms with Crippen molar-refractivity contribution in [1.29, 1.82) is 0 Å². The average molecular weight is 533 g/mol. The molecule has 0 amide bonds. The number of rotatable bonds is 24. The Morgan fingerprint density at radius 2 is 1.16 bits per heavy atom. The first kappa shape index (κ1) is 35.7. The van der Waals surface area contributed by atoms with E-state index in [1.54, 1.807) is 0 Å². The zero-order chi connectivity index (χ0) is 27.4. The third kappa shape index (κ3) is 26.1. The van der Waals surface area contributed by atoms with Crippen molar-refractivity contribution in [2.24, 2.45) is 0 Å². The Labute approximate surface area is 223 Å². The van der Waals surface area contributed by atoms with Crippen molar-refractivity contribution in [1.82, 2.24) is 0 Å². The molecule has 2 unspecified atom stereocenters. The average Bonchev–Trinajstić information content (AvgIpc) is 2.90. The fraction of sp³-hybridized carbons (Fsp3) is 0.786. The van der Waals surface area contributed by atoms with Gasteiger partial charge in [0.25, 0.3) is 0 Å². The van der Waals surface area contributed by atoms with Crippen LogP contribution >= 0.6 is 0 Å². The third-order valence-corrected chi connectivity index (χ3v) is 5.14. The van der Waals surface area contributed by atoms with Crippen LogP contribution in [0.1, 0.15) is 64.4 Å². The molecule has 0 saturated heterocycles. The Morgan fingerprint density at radius 1 is 0.676 bits per heavy atom. The Kier molecular flexibility index (Phi) is 26.8. The predicted molar refractivity (Wildman–Crippen MR) is 144 cm³/mol. The van der Waals surface area contributed by atoms with Crippen molar-refractivity contribution < 1.29 is 44.1 Å². The van der Waals surface area contributed by atoms with Crippen molar-refractivity contribution >= 4 is 0 Å². The molecule has 0 aromatic heterocycles. The molecule has 0 bridgehead atoms. The van der Waals surface area contributed by atoms with Crippen molar-refractivity contribution in [3.63, 3.8) is 0 Å². The lowest BCUT2D eigenvalue weighted by molar-refractivity contribution is -0.0859. The minimum atomic E-state index is -1.01. The summed E-state index contributed by atoms with van der Waals surface area (Å²) in [6, 6.07) is 7.93. The number of aryl methyl sites for hydroxylation is 1. The zero-order valence-corrected chi connectivity index (χ0v) is 23.0. The van der Waals surface area contributed by atoms with E-state index in [4.69, 9.17) is 39.0 Å². The fourth-order valence-corrected chi connectivity index (χ4v) is 3.12. The van der Waals surface area contributed by atoms with Gasteiger partial charge in [0.2, 0.25) is 6.29 Å². The van der Waals surface area contributed by atoms with Crippen LogP contribution < -0.4 is 4.74 Å². The molecule has 37 heavy (non-hydrogen) atoms. The lowest BCUT2D eigenvalue weighted by Gasteiger charge is -2.14. The first-order chi connectivity index (χ1) is 18.0. The number of aliphatic hydroxyl groups excluding tert-OH is 4. The molecule has 0 aliphatic rings. The molecule has 1 aromatic rings. The Bertz CT molecular complexity index is 569. The SMILES string of the molecule is CC(O)CO.CCCCCCCCCc1ccc(OC(O)COCCOCCOCCOCCO)cc1. The monoisotopic (exact) mass is 532 g/mol. The minimum absolute atomic E-state index is 0.0223. The van der Waals surface area contributed by atoms with E-state index >= 15 is 0 Å². The van der Waals surface area contributed by atoms with Crippen LogP contribution in [0.15, 0.2) is 24.3 Å². The molecule has 9 nitrogen and oxygen atoms in total. The van der Waals surface area contributed by atoms with Crippen molar-refractivity contribution in [2.75, 3.05) is 66.1 Å². The van der Waals surface area contributed by atoms with Gasteiger partial charge in [-0.05, 0) is 37.5 Å². The number of benzene rings is 1. The van der Waals surface area contributed by atoms with Crippen LogP contribution in [0, 0.1) is 0 Å². The molecule has 1 rings (SSSR count). The van der Waals surface area contributed by atoms with Gasteiger partial charge in [0, 0.05) is 0 Å². The molecular formula is C28H52O9. The van der Waals surface area contributed by atoms with Gasteiger partial charge in [0.05, 0.1) is 65.6 Å². The van der Waals surface area contributed by atoms with Crippen molar-refractivity contribution in [3.05, 3.63) is 29.8 Å². The second-order valence-electron chi connectivity index (χ2n) is 8.76. The highest BCUT2D eigenvalue weighted by atomic mass is 16.6. The highest BCUT2D eigenvalue weighted by Crippen LogP contribution is 2.16. The third-order valence-electron chi connectivity index (χ3n) is 5.14. The second kappa shape index (κ2) is 27.7. The van der Waals surface area contributed by atoms with E-state index < -0.39 is 12.4 Å².